The number of fused-ring (bicyclic) bond motifs is 5. The number of anilines is 1. The number of benzene rings is 2. The quantitative estimate of drug-likeness (QED) is 0.126. The van der Waals surface area contributed by atoms with Crippen molar-refractivity contribution in [2.75, 3.05) is 31.7 Å². The summed E-state index contributed by atoms with van der Waals surface area (Å²) in [5, 5.41) is 26.0. The lowest BCUT2D eigenvalue weighted by atomic mass is 9.45. The van der Waals surface area contributed by atoms with Crippen molar-refractivity contribution in [2.24, 2.45) is 41.5 Å². The Labute approximate surface area is 328 Å². The monoisotopic (exact) mass is 768 g/mol. The zero-order valence-electron chi connectivity index (χ0n) is 33.0. The number of halogens is 1. The Morgan fingerprint density at radius 3 is 2.54 bits per heavy atom. The molecule has 11 nitrogen and oxygen atoms in total. The number of hydrogen-bond acceptors (Lipinski definition) is 9. The summed E-state index contributed by atoms with van der Waals surface area (Å²) in [4.78, 5) is 17.1. The molecular weight excluding hydrogens is 712 g/mol. The van der Waals surface area contributed by atoms with Crippen LogP contribution in [0.4, 0.5) is 10.1 Å². The second-order valence-corrected chi connectivity index (χ2v) is 18.0. The topological polar surface area (TPSA) is 136 Å². The van der Waals surface area contributed by atoms with Crippen molar-refractivity contribution in [3.63, 3.8) is 0 Å². The van der Waals surface area contributed by atoms with E-state index in [0.717, 1.165) is 61.4 Å². The van der Waals surface area contributed by atoms with Gasteiger partial charge in [0.05, 0.1) is 41.9 Å². The highest BCUT2D eigenvalue weighted by Crippen LogP contribution is 2.66. The standard InChI is InChI=1S/C44H57FN6O5/c1-43-16-14-29(52)22-27(43)8-11-31-33-12-13-36(44(33,2)17-15-34(31)43)56-21-5-19-54-18-4-20-55-30-9-6-26(7-10-30)39-38(41-46-25-47-51(41)3)40-37-32(42(53)50-49-40)23-28(45)24-35(37)48-39/h6-7,9-10,23-25,27,29,31,33-34,36,38-39,48,52H,4-5,8,11-22H2,1-3H3,(H,50,53)/t27-,29?,31-,33-,34-,36-,38+,39+,43-,44-/m0/s1. The lowest BCUT2D eigenvalue weighted by Gasteiger charge is -2.60. The summed E-state index contributed by atoms with van der Waals surface area (Å²) in [5.74, 6) is 3.66. The van der Waals surface area contributed by atoms with E-state index in [9.17, 15) is 14.3 Å². The lowest BCUT2D eigenvalue weighted by Crippen LogP contribution is -2.54. The van der Waals surface area contributed by atoms with Gasteiger partial charge in [0.1, 0.15) is 23.7 Å². The van der Waals surface area contributed by atoms with E-state index in [1.165, 1.54) is 63.4 Å². The molecule has 0 amide bonds. The molecule has 12 heteroatoms. The molecular formula is C44H57FN6O5. The highest BCUT2D eigenvalue weighted by Gasteiger charge is 2.60. The maximum absolute atomic E-state index is 14.6. The first-order valence-electron chi connectivity index (χ1n) is 21.1. The van der Waals surface area contributed by atoms with E-state index in [2.05, 4.69) is 39.4 Å². The molecule has 4 fully saturated rings. The molecule has 1 aliphatic heterocycles. The number of hydrogen-bond donors (Lipinski definition) is 3. The third-order valence-corrected chi connectivity index (χ3v) is 15.1. The third kappa shape index (κ3) is 6.63. The van der Waals surface area contributed by atoms with E-state index in [0.29, 0.717) is 59.8 Å². The van der Waals surface area contributed by atoms with E-state index in [1.54, 1.807) is 4.68 Å². The number of nitrogens with one attached hydrogen (secondary N) is 2. The predicted octanol–water partition coefficient (Wildman–Crippen LogP) is 7.45. The van der Waals surface area contributed by atoms with E-state index >= 15 is 0 Å². The molecule has 10 atom stereocenters. The van der Waals surface area contributed by atoms with E-state index < -0.39 is 17.3 Å². The molecule has 9 rings (SSSR count). The fraction of sp³-hybridized carbons (Fsp3) is 0.636. The minimum Gasteiger partial charge on any atom is -0.494 e. The van der Waals surface area contributed by atoms with Crippen LogP contribution in [-0.4, -0.2) is 68.7 Å². The van der Waals surface area contributed by atoms with Crippen LogP contribution in [-0.2, 0) is 16.5 Å². The van der Waals surface area contributed by atoms with Gasteiger partial charge in [-0.05, 0) is 129 Å². The average molecular weight is 769 g/mol. The van der Waals surface area contributed by atoms with Gasteiger partial charge >= 0.3 is 0 Å². The molecule has 5 aliphatic rings. The van der Waals surface area contributed by atoms with Crippen LogP contribution in [0.2, 0.25) is 0 Å². The van der Waals surface area contributed by atoms with Crippen LogP contribution < -0.4 is 15.6 Å². The lowest BCUT2D eigenvalue weighted by molar-refractivity contribution is -0.141. The predicted molar refractivity (Wildman–Crippen MR) is 211 cm³/mol. The van der Waals surface area contributed by atoms with Gasteiger partial charge in [-0.15, -0.1) is 0 Å². The molecule has 3 heterocycles. The third-order valence-electron chi connectivity index (χ3n) is 15.1. The Balaban J connectivity index is 0.728. The number of aliphatic hydroxyl groups excluding tert-OH is 1. The van der Waals surface area contributed by atoms with Gasteiger partial charge in [-0.25, -0.2) is 14.5 Å². The normalized spacial score (nSPS) is 33.4. The summed E-state index contributed by atoms with van der Waals surface area (Å²) in [6.45, 7) is 7.69. The zero-order valence-corrected chi connectivity index (χ0v) is 33.0. The van der Waals surface area contributed by atoms with Crippen molar-refractivity contribution < 1.29 is 23.7 Å². The molecule has 300 valence electrons. The number of nitrogens with zero attached hydrogens (tertiary/aromatic N) is 4. The Morgan fingerprint density at radius 1 is 0.946 bits per heavy atom. The van der Waals surface area contributed by atoms with Crippen molar-refractivity contribution >= 4 is 16.5 Å². The van der Waals surface area contributed by atoms with Gasteiger partial charge < -0.3 is 24.6 Å². The van der Waals surface area contributed by atoms with Crippen LogP contribution in [0.15, 0.2) is 47.5 Å². The largest absolute Gasteiger partial charge is 0.494 e. The highest BCUT2D eigenvalue weighted by molar-refractivity contribution is 5.97. The van der Waals surface area contributed by atoms with Crippen LogP contribution >= 0.6 is 0 Å². The summed E-state index contributed by atoms with van der Waals surface area (Å²) >= 11 is 0. The summed E-state index contributed by atoms with van der Waals surface area (Å²) in [6.07, 6.45) is 14.4. The Bertz CT molecular complexity index is 2090. The molecule has 4 aliphatic carbocycles. The molecule has 4 aromatic rings. The van der Waals surface area contributed by atoms with Gasteiger partial charge in [-0.2, -0.15) is 10.2 Å². The van der Waals surface area contributed by atoms with Gasteiger partial charge in [-0.1, -0.05) is 26.0 Å². The second kappa shape index (κ2) is 15.1. The van der Waals surface area contributed by atoms with Gasteiger partial charge in [0, 0.05) is 44.4 Å². The number of aromatic nitrogens is 5. The number of rotatable bonds is 12. The van der Waals surface area contributed by atoms with Crippen LogP contribution in [0.3, 0.4) is 0 Å². The molecule has 0 spiro atoms. The zero-order chi connectivity index (χ0) is 38.6. The first-order valence-corrected chi connectivity index (χ1v) is 21.1. The van der Waals surface area contributed by atoms with Crippen molar-refractivity contribution in [3.05, 3.63) is 76.0 Å². The SMILES string of the molecule is Cn1ncnc1[C@H]1c2n[nH]c(=O)c3cc(F)cc(c23)N[C@@H]1c1ccc(OCCCOCCCO[C@H]2CC[C@H]3[C@@H]4CC[C@H]5CC(O)CC[C@]5(C)[C@H]4CC[C@]23C)cc1. The first-order chi connectivity index (χ1) is 27.1. The summed E-state index contributed by atoms with van der Waals surface area (Å²) in [6, 6.07) is 10.2. The molecule has 0 bridgehead atoms. The van der Waals surface area contributed by atoms with E-state index in [-0.39, 0.29) is 22.9 Å². The number of aliphatic hydroxyl groups is 1. The van der Waals surface area contributed by atoms with Crippen LogP contribution in [0.5, 0.6) is 5.75 Å². The summed E-state index contributed by atoms with van der Waals surface area (Å²) < 4.78 is 35.0. The van der Waals surface area contributed by atoms with Gasteiger partial charge in [-0.3, -0.25) is 9.48 Å². The van der Waals surface area contributed by atoms with E-state index in [1.807, 2.05) is 31.3 Å². The fourth-order valence-electron chi connectivity index (χ4n) is 12.2. The Hall–Kier alpha value is -3.87. The van der Waals surface area contributed by atoms with Crippen molar-refractivity contribution in [3.8, 4) is 5.75 Å². The molecule has 1 unspecified atom stereocenters. The van der Waals surface area contributed by atoms with Crippen molar-refractivity contribution in [1.29, 1.82) is 0 Å². The molecule has 4 saturated carbocycles. The second-order valence-electron chi connectivity index (χ2n) is 18.0. The molecule has 56 heavy (non-hydrogen) atoms. The van der Waals surface area contributed by atoms with Crippen LogP contribution in [0.1, 0.15) is 114 Å². The molecule has 3 N–H and O–H groups in total. The minimum absolute atomic E-state index is 0.0804. The molecule has 0 saturated heterocycles. The summed E-state index contributed by atoms with van der Waals surface area (Å²) in [7, 11) is 1.82. The van der Waals surface area contributed by atoms with Gasteiger partial charge in [0.15, 0.2) is 0 Å². The molecule has 0 radical (unpaired) electrons. The maximum Gasteiger partial charge on any atom is 0.272 e. The maximum atomic E-state index is 14.6. The smallest absolute Gasteiger partial charge is 0.272 e. The van der Waals surface area contributed by atoms with E-state index in [4.69, 9.17) is 14.2 Å². The average Bonchev–Trinajstić information content (AvgIpc) is 3.77. The Kier molecular flexibility index (Phi) is 10.2. The Morgan fingerprint density at radius 2 is 1.73 bits per heavy atom. The molecule has 2 aromatic carbocycles. The number of aryl methyl sites for hydroxylation is 1. The number of aromatic amines is 1. The number of ether oxygens (including phenoxy) is 3. The minimum atomic E-state index is -0.497. The van der Waals surface area contributed by atoms with Gasteiger partial charge in [0.25, 0.3) is 5.56 Å². The van der Waals surface area contributed by atoms with Gasteiger partial charge in [0.2, 0.25) is 0 Å². The highest BCUT2D eigenvalue weighted by atomic mass is 19.1. The summed E-state index contributed by atoms with van der Waals surface area (Å²) in [5.41, 5.74) is 2.33. The van der Waals surface area contributed by atoms with Crippen LogP contribution in [0, 0.1) is 40.3 Å². The number of H-pyrrole nitrogens is 1. The van der Waals surface area contributed by atoms with Crippen LogP contribution in [0.25, 0.3) is 10.8 Å². The van der Waals surface area contributed by atoms with Crippen molar-refractivity contribution in [2.45, 2.75) is 109 Å². The molecule has 2 aromatic heterocycles. The van der Waals surface area contributed by atoms with Crippen molar-refractivity contribution in [1.82, 2.24) is 25.0 Å². The first kappa shape index (κ1) is 37.7. The fourth-order valence-corrected chi connectivity index (χ4v) is 12.2.